The fourth-order valence-electron chi connectivity index (χ4n) is 3.29. The highest BCUT2D eigenvalue weighted by atomic mass is 35.5. The molecular weight excluding hydrogens is 509 g/mol. The maximum Gasteiger partial charge on any atom is 0.244 e. The molecule has 0 heterocycles. The Hall–Kier alpha value is -2.00. The number of nitrogens with one attached hydrogen (secondary N) is 1. The van der Waals surface area contributed by atoms with Crippen molar-refractivity contribution in [3.63, 3.8) is 0 Å². The Bertz CT molecular complexity index is 1110. The van der Waals surface area contributed by atoms with Gasteiger partial charge in [0.1, 0.15) is 12.6 Å². The van der Waals surface area contributed by atoms with Crippen LogP contribution in [0.15, 0.2) is 42.5 Å². The summed E-state index contributed by atoms with van der Waals surface area (Å²) < 4.78 is 26.0. The number of carbonyl (C=O) groups excluding carboxylic acids is 2. The molecule has 0 aliphatic heterocycles. The molecule has 0 aliphatic carbocycles. The molecule has 7 nitrogen and oxygen atoms in total. The summed E-state index contributed by atoms with van der Waals surface area (Å²) in [6, 6.07) is 10.4. The van der Waals surface area contributed by atoms with Crippen molar-refractivity contribution in [2.75, 3.05) is 23.7 Å². The molecule has 2 aromatic carbocycles. The molecule has 2 aromatic rings. The average molecular weight is 535 g/mol. The van der Waals surface area contributed by atoms with Crippen LogP contribution in [-0.4, -0.2) is 50.5 Å². The van der Waals surface area contributed by atoms with Crippen molar-refractivity contribution in [3.05, 3.63) is 63.1 Å². The van der Waals surface area contributed by atoms with Crippen molar-refractivity contribution in [2.45, 2.75) is 32.9 Å². The van der Waals surface area contributed by atoms with Gasteiger partial charge in [-0.1, -0.05) is 59.9 Å². The van der Waals surface area contributed by atoms with Gasteiger partial charge in [-0.25, -0.2) is 8.42 Å². The minimum atomic E-state index is -3.85. The molecule has 2 rings (SSSR count). The predicted molar refractivity (Wildman–Crippen MR) is 133 cm³/mol. The highest BCUT2D eigenvalue weighted by molar-refractivity contribution is 7.92. The van der Waals surface area contributed by atoms with Gasteiger partial charge in [-0.3, -0.25) is 13.9 Å². The number of amides is 2. The number of halogens is 3. The molecular formula is C22H26Cl3N3O4S. The molecule has 1 N–H and O–H groups in total. The van der Waals surface area contributed by atoms with Gasteiger partial charge in [0.2, 0.25) is 21.8 Å². The SMILES string of the molecule is CCNC(=O)[C@@H](CC)N(Cc1ccc(Cl)c(Cl)c1)C(=O)CN(c1ccccc1Cl)S(C)(=O)=O. The Morgan fingerprint density at radius 3 is 2.21 bits per heavy atom. The minimum Gasteiger partial charge on any atom is -0.355 e. The molecule has 180 valence electrons. The zero-order valence-corrected chi connectivity index (χ0v) is 21.6. The first-order chi connectivity index (χ1) is 15.5. The second-order valence-corrected chi connectivity index (χ2v) is 10.4. The molecule has 0 saturated heterocycles. The largest absolute Gasteiger partial charge is 0.355 e. The molecule has 0 aliphatic rings. The first-order valence-corrected chi connectivity index (χ1v) is 13.2. The van der Waals surface area contributed by atoms with E-state index in [1.807, 2.05) is 0 Å². The number of para-hydroxylation sites is 1. The van der Waals surface area contributed by atoms with Crippen molar-refractivity contribution in [1.29, 1.82) is 0 Å². The van der Waals surface area contributed by atoms with E-state index in [1.54, 1.807) is 44.2 Å². The summed E-state index contributed by atoms with van der Waals surface area (Å²) in [4.78, 5) is 27.6. The predicted octanol–water partition coefficient (Wildman–Crippen LogP) is 4.36. The van der Waals surface area contributed by atoms with Crippen LogP contribution in [0.2, 0.25) is 15.1 Å². The Labute approximate surface area is 209 Å². The van der Waals surface area contributed by atoms with E-state index >= 15 is 0 Å². The standard InChI is InChI=1S/C22H26Cl3N3O4S/c1-4-19(22(30)26-5-2)27(13-15-10-11-16(23)18(25)12-15)21(29)14-28(33(3,31)32)20-9-7-6-8-17(20)24/h6-12,19H,4-5,13-14H2,1-3H3,(H,26,30)/t19-/m1/s1. The summed E-state index contributed by atoms with van der Waals surface area (Å²) in [6.07, 6.45) is 1.32. The maximum atomic E-state index is 13.5. The lowest BCUT2D eigenvalue weighted by molar-refractivity contribution is -0.140. The smallest absolute Gasteiger partial charge is 0.244 e. The fraction of sp³-hybridized carbons (Fsp3) is 0.364. The Balaban J connectivity index is 2.47. The van der Waals surface area contributed by atoms with Crippen LogP contribution in [0, 0.1) is 0 Å². The molecule has 0 bridgehead atoms. The van der Waals surface area contributed by atoms with Crippen LogP contribution in [-0.2, 0) is 26.2 Å². The fourth-order valence-corrected chi connectivity index (χ4v) is 4.76. The molecule has 0 fully saturated rings. The number of nitrogens with zero attached hydrogens (tertiary/aromatic N) is 2. The number of likely N-dealkylation sites (N-methyl/N-ethyl adjacent to an activating group) is 1. The maximum absolute atomic E-state index is 13.5. The van der Waals surface area contributed by atoms with E-state index in [4.69, 9.17) is 34.8 Å². The zero-order chi connectivity index (χ0) is 24.8. The summed E-state index contributed by atoms with van der Waals surface area (Å²) in [6.45, 7) is 3.44. The van der Waals surface area contributed by atoms with Gasteiger partial charge in [0.05, 0.1) is 27.0 Å². The van der Waals surface area contributed by atoms with Crippen LogP contribution in [0.25, 0.3) is 0 Å². The number of benzene rings is 2. The minimum absolute atomic E-state index is 0.0332. The van der Waals surface area contributed by atoms with Crippen LogP contribution in [0.3, 0.4) is 0 Å². The summed E-state index contributed by atoms with van der Waals surface area (Å²) >= 11 is 18.3. The summed E-state index contributed by atoms with van der Waals surface area (Å²) in [5.74, 6) is -0.901. The number of hydrogen-bond donors (Lipinski definition) is 1. The van der Waals surface area contributed by atoms with E-state index in [9.17, 15) is 18.0 Å². The number of sulfonamides is 1. The summed E-state index contributed by atoms with van der Waals surface area (Å²) in [5.41, 5.74) is 0.819. The molecule has 0 aromatic heterocycles. The number of anilines is 1. The third kappa shape index (κ3) is 7.24. The molecule has 0 saturated carbocycles. The van der Waals surface area contributed by atoms with Crippen molar-refractivity contribution in [1.82, 2.24) is 10.2 Å². The Morgan fingerprint density at radius 1 is 1.00 bits per heavy atom. The van der Waals surface area contributed by atoms with Crippen molar-refractivity contribution in [2.24, 2.45) is 0 Å². The van der Waals surface area contributed by atoms with Gasteiger partial charge in [-0.2, -0.15) is 0 Å². The van der Waals surface area contributed by atoms with Gasteiger partial charge in [0.15, 0.2) is 0 Å². The van der Waals surface area contributed by atoms with E-state index < -0.39 is 28.5 Å². The third-order valence-electron chi connectivity index (χ3n) is 4.87. The first-order valence-electron chi connectivity index (χ1n) is 10.2. The van der Waals surface area contributed by atoms with E-state index in [0.717, 1.165) is 10.6 Å². The Morgan fingerprint density at radius 2 is 1.67 bits per heavy atom. The molecule has 2 amide bonds. The van der Waals surface area contributed by atoms with Crippen LogP contribution < -0.4 is 9.62 Å². The van der Waals surface area contributed by atoms with Crippen molar-refractivity contribution < 1.29 is 18.0 Å². The second kappa shape index (κ2) is 11.9. The van der Waals surface area contributed by atoms with Crippen LogP contribution in [0.4, 0.5) is 5.69 Å². The molecule has 1 atom stereocenters. The number of carbonyl (C=O) groups is 2. The molecule has 0 radical (unpaired) electrons. The van der Waals surface area contributed by atoms with Gasteiger partial charge in [0, 0.05) is 13.1 Å². The second-order valence-electron chi connectivity index (χ2n) is 7.31. The molecule has 0 unspecified atom stereocenters. The molecule has 11 heteroatoms. The van der Waals surface area contributed by atoms with Crippen molar-refractivity contribution >= 4 is 62.3 Å². The van der Waals surface area contributed by atoms with Crippen LogP contribution in [0.1, 0.15) is 25.8 Å². The lowest BCUT2D eigenvalue weighted by atomic mass is 10.1. The van der Waals surface area contributed by atoms with Crippen molar-refractivity contribution in [3.8, 4) is 0 Å². The average Bonchev–Trinajstić information content (AvgIpc) is 2.74. The number of hydrogen-bond acceptors (Lipinski definition) is 4. The van der Waals surface area contributed by atoms with Gasteiger partial charge < -0.3 is 10.2 Å². The monoisotopic (exact) mass is 533 g/mol. The van der Waals surface area contributed by atoms with Crippen LogP contribution >= 0.6 is 34.8 Å². The lowest BCUT2D eigenvalue weighted by Gasteiger charge is -2.33. The van der Waals surface area contributed by atoms with E-state index in [1.165, 1.54) is 17.0 Å². The summed E-state index contributed by atoms with van der Waals surface area (Å²) in [5, 5.41) is 3.58. The van der Waals surface area contributed by atoms with E-state index in [-0.39, 0.29) is 23.2 Å². The first kappa shape index (κ1) is 27.2. The normalized spacial score (nSPS) is 12.2. The molecule has 33 heavy (non-hydrogen) atoms. The zero-order valence-electron chi connectivity index (χ0n) is 18.5. The third-order valence-corrected chi connectivity index (χ3v) is 7.06. The quantitative estimate of drug-likeness (QED) is 0.491. The van der Waals surface area contributed by atoms with Gasteiger partial charge in [-0.15, -0.1) is 0 Å². The highest BCUT2D eigenvalue weighted by Gasteiger charge is 2.32. The van der Waals surface area contributed by atoms with E-state index in [2.05, 4.69) is 5.32 Å². The number of rotatable bonds is 10. The van der Waals surface area contributed by atoms with Gasteiger partial charge >= 0.3 is 0 Å². The van der Waals surface area contributed by atoms with E-state index in [0.29, 0.717) is 28.6 Å². The summed E-state index contributed by atoms with van der Waals surface area (Å²) in [7, 11) is -3.85. The van der Waals surface area contributed by atoms with Crippen LogP contribution in [0.5, 0.6) is 0 Å². The van der Waals surface area contributed by atoms with Gasteiger partial charge in [-0.05, 0) is 43.2 Å². The lowest BCUT2D eigenvalue weighted by Crippen LogP contribution is -2.52. The topological polar surface area (TPSA) is 86.8 Å². The van der Waals surface area contributed by atoms with Gasteiger partial charge in [0.25, 0.3) is 0 Å². The molecule has 0 spiro atoms. The Kier molecular flexibility index (Phi) is 9.84. The highest BCUT2D eigenvalue weighted by Crippen LogP contribution is 2.28.